The van der Waals surface area contributed by atoms with Crippen LogP contribution in [-0.4, -0.2) is 43.2 Å². The normalized spacial score (nSPS) is 12.9. The SMILES string of the molecule is COC(=O)OCCC(O)C(C)NC(=O)OCc1ccccc1. The van der Waals surface area contributed by atoms with Crippen LogP contribution in [-0.2, 0) is 20.8 Å². The molecule has 0 saturated carbocycles. The zero-order valence-electron chi connectivity index (χ0n) is 12.7. The third-order valence-electron chi connectivity index (χ3n) is 2.94. The molecule has 0 heterocycles. The molecule has 0 aromatic heterocycles. The number of nitrogens with one attached hydrogen (secondary N) is 1. The topological polar surface area (TPSA) is 94.1 Å². The fourth-order valence-corrected chi connectivity index (χ4v) is 1.62. The molecule has 7 heteroatoms. The van der Waals surface area contributed by atoms with Crippen LogP contribution in [0.5, 0.6) is 0 Å². The number of hydrogen-bond donors (Lipinski definition) is 2. The smallest absolute Gasteiger partial charge is 0.445 e. The van der Waals surface area contributed by atoms with E-state index in [0.717, 1.165) is 5.56 Å². The predicted octanol–water partition coefficient (Wildman–Crippen LogP) is 1.84. The molecule has 0 aliphatic carbocycles. The number of aliphatic hydroxyl groups is 1. The number of carbonyl (C=O) groups is 2. The largest absolute Gasteiger partial charge is 0.507 e. The fourth-order valence-electron chi connectivity index (χ4n) is 1.62. The van der Waals surface area contributed by atoms with Gasteiger partial charge in [0, 0.05) is 6.42 Å². The molecule has 2 N–H and O–H groups in total. The molecule has 0 aliphatic heterocycles. The van der Waals surface area contributed by atoms with E-state index in [1.165, 1.54) is 7.11 Å². The van der Waals surface area contributed by atoms with Crippen LogP contribution >= 0.6 is 0 Å². The van der Waals surface area contributed by atoms with Gasteiger partial charge in [0.15, 0.2) is 0 Å². The summed E-state index contributed by atoms with van der Waals surface area (Å²) in [4.78, 5) is 22.4. The van der Waals surface area contributed by atoms with Crippen LogP contribution in [0.2, 0.25) is 0 Å². The lowest BCUT2D eigenvalue weighted by Gasteiger charge is -2.19. The van der Waals surface area contributed by atoms with Crippen LogP contribution in [0.25, 0.3) is 0 Å². The van der Waals surface area contributed by atoms with Crippen molar-refractivity contribution in [2.75, 3.05) is 13.7 Å². The molecule has 2 unspecified atom stereocenters. The number of benzene rings is 1. The zero-order chi connectivity index (χ0) is 16.4. The van der Waals surface area contributed by atoms with E-state index in [1.54, 1.807) is 6.92 Å². The molecule has 0 bridgehead atoms. The maximum absolute atomic E-state index is 11.6. The van der Waals surface area contributed by atoms with Crippen LogP contribution in [0, 0.1) is 0 Å². The van der Waals surface area contributed by atoms with Crippen molar-refractivity contribution in [2.24, 2.45) is 0 Å². The number of ether oxygens (including phenoxy) is 3. The van der Waals surface area contributed by atoms with E-state index in [-0.39, 0.29) is 19.6 Å². The Hall–Kier alpha value is -2.28. The van der Waals surface area contributed by atoms with E-state index in [4.69, 9.17) is 4.74 Å². The summed E-state index contributed by atoms with van der Waals surface area (Å²) in [6.45, 7) is 1.78. The summed E-state index contributed by atoms with van der Waals surface area (Å²) in [5.41, 5.74) is 0.873. The Balaban J connectivity index is 2.23. The third-order valence-corrected chi connectivity index (χ3v) is 2.94. The summed E-state index contributed by atoms with van der Waals surface area (Å²) >= 11 is 0. The van der Waals surface area contributed by atoms with Gasteiger partial charge in [-0.2, -0.15) is 0 Å². The second-order valence-corrected chi connectivity index (χ2v) is 4.65. The van der Waals surface area contributed by atoms with E-state index in [0.29, 0.717) is 0 Å². The van der Waals surface area contributed by atoms with Crippen molar-refractivity contribution >= 4 is 12.2 Å². The number of rotatable bonds is 7. The van der Waals surface area contributed by atoms with Gasteiger partial charge in [-0.05, 0) is 12.5 Å². The first-order chi connectivity index (χ1) is 10.5. The lowest BCUT2D eigenvalue weighted by atomic mass is 10.1. The monoisotopic (exact) mass is 311 g/mol. The van der Waals surface area contributed by atoms with Gasteiger partial charge in [0.25, 0.3) is 0 Å². The van der Waals surface area contributed by atoms with Crippen LogP contribution in [0.3, 0.4) is 0 Å². The summed E-state index contributed by atoms with van der Waals surface area (Å²) in [6.07, 6.45) is -2.12. The molecule has 1 aromatic rings. The van der Waals surface area contributed by atoms with Gasteiger partial charge in [-0.3, -0.25) is 0 Å². The summed E-state index contributed by atoms with van der Waals surface area (Å²) < 4.78 is 14.0. The molecular formula is C15H21NO6. The quantitative estimate of drug-likeness (QED) is 0.746. The predicted molar refractivity (Wildman–Crippen MR) is 78.2 cm³/mol. The molecule has 0 aliphatic rings. The van der Waals surface area contributed by atoms with Crippen LogP contribution in [0.1, 0.15) is 18.9 Å². The number of carbonyl (C=O) groups excluding carboxylic acids is 2. The summed E-state index contributed by atoms with van der Waals surface area (Å²) in [5.74, 6) is 0. The Kier molecular flexibility index (Phi) is 7.77. The van der Waals surface area contributed by atoms with Crippen molar-refractivity contribution in [3.05, 3.63) is 35.9 Å². The van der Waals surface area contributed by atoms with E-state index < -0.39 is 24.4 Å². The number of hydrogen-bond acceptors (Lipinski definition) is 6. The molecule has 22 heavy (non-hydrogen) atoms. The standard InChI is InChI=1S/C15H21NO6/c1-11(13(17)8-9-21-15(19)20-2)16-14(18)22-10-12-6-4-3-5-7-12/h3-7,11,13,17H,8-10H2,1-2H3,(H,16,18). The van der Waals surface area contributed by atoms with Gasteiger partial charge in [-0.1, -0.05) is 30.3 Å². The minimum Gasteiger partial charge on any atom is -0.445 e. The molecule has 1 amide bonds. The highest BCUT2D eigenvalue weighted by atomic mass is 16.7. The van der Waals surface area contributed by atoms with Crippen LogP contribution in [0.15, 0.2) is 30.3 Å². The van der Waals surface area contributed by atoms with E-state index in [9.17, 15) is 14.7 Å². The van der Waals surface area contributed by atoms with Crippen molar-refractivity contribution in [2.45, 2.75) is 32.1 Å². The molecule has 0 fully saturated rings. The Bertz CT molecular complexity index is 464. The average Bonchev–Trinajstić information content (AvgIpc) is 2.53. The van der Waals surface area contributed by atoms with Crippen molar-refractivity contribution in [1.82, 2.24) is 5.32 Å². The summed E-state index contributed by atoms with van der Waals surface area (Å²) in [5, 5.41) is 12.4. The van der Waals surface area contributed by atoms with Gasteiger partial charge in [0.2, 0.25) is 0 Å². The molecule has 0 saturated heterocycles. The number of alkyl carbamates (subject to hydrolysis) is 1. The minimum absolute atomic E-state index is 0.00107. The van der Waals surface area contributed by atoms with Crippen molar-refractivity contribution in [1.29, 1.82) is 0 Å². The van der Waals surface area contributed by atoms with Gasteiger partial charge in [0.1, 0.15) is 6.61 Å². The van der Waals surface area contributed by atoms with Crippen molar-refractivity contribution in [3.8, 4) is 0 Å². The first kappa shape index (κ1) is 17.8. The van der Waals surface area contributed by atoms with Gasteiger partial charge in [-0.15, -0.1) is 0 Å². The fraction of sp³-hybridized carbons (Fsp3) is 0.467. The highest BCUT2D eigenvalue weighted by Gasteiger charge is 2.18. The highest BCUT2D eigenvalue weighted by molar-refractivity contribution is 5.67. The lowest BCUT2D eigenvalue weighted by Crippen LogP contribution is -2.41. The van der Waals surface area contributed by atoms with Gasteiger partial charge >= 0.3 is 12.2 Å². The Labute approximate surface area is 129 Å². The van der Waals surface area contributed by atoms with Crippen molar-refractivity contribution < 1.29 is 28.9 Å². The maximum atomic E-state index is 11.6. The van der Waals surface area contributed by atoms with Gasteiger partial charge < -0.3 is 24.6 Å². The third kappa shape index (κ3) is 6.94. The van der Waals surface area contributed by atoms with Gasteiger partial charge in [0.05, 0.1) is 25.9 Å². The molecule has 0 radical (unpaired) electrons. The molecule has 1 aromatic carbocycles. The van der Waals surface area contributed by atoms with Crippen molar-refractivity contribution in [3.63, 3.8) is 0 Å². The molecule has 7 nitrogen and oxygen atoms in total. The summed E-state index contributed by atoms with van der Waals surface area (Å²) in [7, 11) is 1.20. The summed E-state index contributed by atoms with van der Waals surface area (Å²) in [6, 6.07) is 8.72. The lowest BCUT2D eigenvalue weighted by molar-refractivity contribution is 0.0482. The molecule has 1 rings (SSSR count). The first-order valence-electron chi connectivity index (χ1n) is 6.89. The molecule has 2 atom stereocenters. The second kappa shape index (κ2) is 9.62. The molecule has 0 spiro atoms. The Morgan fingerprint density at radius 1 is 1.23 bits per heavy atom. The Morgan fingerprint density at radius 3 is 2.55 bits per heavy atom. The zero-order valence-corrected chi connectivity index (χ0v) is 12.7. The average molecular weight is 311 g/mol. The molecular weight excluding hydrogens is 290 g/mol. The number of methoxy groups -OCH3 is 1. The van der Waals surface area contributed by atoms with E-state index in [1.807, 2.05) is 30.3 Å². The van der Waals surface area contributed by atoms with E-state index in [2.05, 4.69) is 14.8 Å². The first-order valence-corrected chi connectivity index (χ1v) is 6.89. The highest BCUT2D eigenvalue weighted by Crippen LogP contribution is 2.03. The van der Waals surface area contributed by atoms with Crippen LogP contribution < -0.4 is 5.32 Å². The maximum Gasteiger partial charge on any atom is 0.507 e. The number of amides is 1. The second-order valence-electron chi connectivity index (χ2n) is 4.65. The Morgan fingerprint density at radius 2 is 1.91 bits per heavy atom. The van der Waals surface area contributed by atoms with Gasteiger partial charge in [-0.25, -0.2) is 9.59 Å². The molecule has 122 valence electrons. The number of aliphatic hydroxyl groups excluding tert-OH is 1. The van der Waals surface area contributed by atoms with Crippen LogP contribution in [0.4, 0.5) is 9.59 Å². The minimum atomic E-state index is -0.867. The van der Waals surface area contributed by atoms with E-state index >= 15 is 0 Å².